The summed E-state index contributed by atoms with van der Waals surface area (Å²) in [5.74, 6) is -1.58. The Morgan fingerprint density at radius 1 is 1.41 bits per heavy atom. The molecule has 1 fully saturated rings. The monoisotopic (exact) mass is 328 g/mol. The topological polar surface area (TPSA) is 66.5 Å². The van der Waals surface area contributed by atoms with Crippen LogP contribution in [0.3, 0.4) is 0 Å². The number of halogens is 1. The molecule has 0 saturated carbocycles. The summed E-state index contributed by atoms with van der Waals surface area (Å²) < 4.78 is 37.5. The van der Waals surface area contributed by atoms with Crippen LogP contribution in [0, 0.1) is 11.7 Å². The third kappa shape index (κ3) is 3.84. The quantitative estimate of drug-likeness (QED) is 0.821. The van der Waals surface area contributed by atoms with Crippen LogP contribution in [0.5, 0.6) is 0 Å². The van der Waals surface area contributed by atoms with Crippen LogP contribution in [0.1, 0.15) is 13.3 Å². The molecule has 1 saturated heterocycles. The number of sulfone groups is 1. The van der Waals surface area contributed by atoms with Crippen molar-refractivity contribution in [3.8, 4) is 0 Å². The predicted molar refractivity (Wildman–Crippen MR) is 81.7 cm³/mol. The minimum atomic E-state index is -3.61. The Bertz CT molecular complexity index is 625. The maximum absolute atomic E-state index is 12.9. The van der Waals surface area contributed by atoms with E-state index in [1.807, 2.05) is 0 Å². The highest BCUT2D eigenvalue weighted by atomic mass is 32.2. The Kier molecular flexibility index (Phi) is 5.18. The molecule has 0 aliphatic carbocycles. The van der Waals surface area contributed by atoms with Crippen molar-refractivity contribution < 1.29 is 17.6 Å². The van der Waals surface area contributed by atoms with Gasteiger partial charge in [0.05, 0.1) is 10.6 Å². The minimum absolute atomic E-state index is 0.0405. The van der Waals surface area contributed by atoms with E-state index < -0.39 is 21.6 Å². The number of amides is 1. The summed E-state index contributed by atoms with van der Waals surface area (Å²) in [5.41, 5.74) is 0. The Morgan fingerprint density at radius 3 is 2.59 bits per heavy atom. The smallest absolute Gasteiger partial charge is 0.226 e. The van der Waals surface area contributed by atoms with Crippen molar-refractivity contribution in [1.29, 1.82) is 0 Å². The van der Waals surface area contributed by atoms with Gasteiger partial charge in [0.25, 0.3) is 0 Å². The minimum Gasteiger partial charge on any atom is -0.341 e. The maximum Gasteiger partial charge on any atom is 0.226 e. The predicted octanol–water partition coefficient (Wildman–Crippen LogP) is 1.06. The molecule has 0 bridgehead atoms. The van der Waals surface area contributed by atoms with Gasteiger partial charge >= 0.3 is 0 Å². The van der Waals surface area contributed by atoms with Crippen LogP contribution in [0.2, 0.25) is 0 Å². The Labute approximate surface area is 130 Å². The van der Waals surface area contributed by atoms with E-state index in [1.165, 1.54) is 12.1 Å². The first kappa shape index (κ1) is 16.9. The molecule has 1 N–H and O–H groups in total. The number of likely N-dealkylation sites (N-methyl/N-ethyl adjacent to an activating group) is 1. The Morgan fingerprint density at radius 2 is 2.05 bits per heavy atom. The van der Waals surface area contributed by atoms with Crippen LogP contribution in [0.25, 0.3) is 0 Å². The van der Waals surface area contributed by atoms with Crippen LogP contribution in [0.4, 0.5) is 4.39 Å². The van der Waals surface area contributed by atoms with Gasteiger partial charge in [-0.05, 0) is 37.2 Å². The SMILES string of the molecule is CC(CS(=O)(=O)c1ccc(F)cc1)C(=O)N(C)C1CCNC1. The number of rotatable bonds is 5. The molecular formula is C15H21FN2O3S. The zero-order valence-corrected chi connectivity index (χ0v) is 13.6. The van der Waals surface area contributed by atoms with E-state index in [1.54, 1.807) is 18.9 Å². The van der Waals surface area contributed by atoms with E-state index in [9.17, 15) is 17.6 Å². The number of nitrogens with zero attached hydrogens (tertiary/aromatic N) is 1. The first-order valence-electron chi connectivity index (χ1n) is 7.27. The first-order chi connectivity index (χ1) is 10.3. The van der Waals surface area contributed by atoms with Gasteiger partial charge in [-0.1, -0.05) is 6.92 Å². The van der Waals surface area contributed by atoms with Crippen LogP contribution in [0.15, 0.2) is 29.2 Å². The molecule has 2 unspecified atom stereocenters. The van der Waals surface area contributed by atoms with Gasteiger partial charge in [-0.3, -0.25) is 4.79 Å². The standard InChI is InChI=1S/C15H21FN2O3S/c1-11(15(19)18(2)13-7-8-17-9-13)10-22(20,21)14-5-3-12(16)4-6-14/h3-6,11,13,17H,7-10H2,1-2H3. The van der Waals surface area contributed by atoms with Crippen molar-refractivity contribution in [1.82, 2.24) is 10.2 Å². The fraction of sp³-hybridized carbons (Fsp3) is 0.533. The van der Waals surface area contributed by atoms with Crippen LogP contribution < -0.4 is 5.32 Å². The fourth-order valence-electron chi connectivity index (χ4n) is 2.64. The second-order valence-electron chi connectivity index (χ2n) is 5.73. The summed E-state index contributed by atoms with van der Waals surface area (Å²) in [6.07, 6.45) is 0.875. The average molecular weight is 328 g/mol. The molecule has 1 aliphatic heterocycles. The lowest BCUT2D eigenvalue weighted by molar-refractivity contribution is -0.134. The van der Waals surface area contributed by atoms with E-state index in [0.717, 1.165) is 31.6 Å². The molecule has 1 aromatic carbocycles. The van der Waals surface area contributed by atoms with Gasteiger partial charge in [0.1, 0.15) is 5.82 Å². The van der Waals surface area contributed by atoms with Gasteiger partial charge in [-0.25, -0.2) is 12.8 Å². The van der Waals surface area contributed by atoms with E-state index in [2.05, 4.69) is 5.32 Å². The van der Waals surface area contributed by atoms with E-state index >= 15 is 0 Å². The van der Waals surface area contributed by atoms with Gasteiger partial charge in [0.15, 0.2) is 9.84 Å². The van der Waals surface area contributed by atoms with Gasteiger partial charge in [-0.2, -0.15) is 0 Å². The lowest BCUT2D eigenvalue weighted by Crippen LogP contribution is -2.42. The zero-order valence-electron chi connectivity index (χ0n) is 12.8. The molecule has 1 aliphatic rings. The molecule has 0 aromatic heterocycles. The number of benzene rings is 1. The largest absolute Gasteiger partial charge is 0.341 e. The number of hydrogen-bond acceptors (Lipinski definition) is 4. The molecule has 0 radical (unpaired) electrons. The summed E-state index contributed by atoms with van der Waals surface area (Å²) in [7, 11) is -1.90. The highest BCUT2D eigenvalue weighted by Crippen LogP contribution is 2.17. The molecule has 7 heteroatoms. The number of carbonyl (C=O) groups excluding carboxylic acids is 1. The molecule has 1 aromatic rings. The zero-order chi connectivity index (χ0) is 16.3. The summed E-state index contributed by atoms with van der Waals surface area (Å²) in [6, 6.07) is 4.79. The van der Waals surface area contributed by atoms with E-state index in [-0.39, 0.29) is 22.6 Å². The molecule has 5 nitrogen and oxygen atoms in total. The molecule has 0 spiro atoms. The maximum atomic E-state index is 12.9. The van der Waals surface area contributed by atoms with Crippen molar-refractivity contribution in [3.63, 3.8) is 0 Å². The number of nitrogens with one attached hydrogen (secondary N) is 1. The van der Waals surface area contributed by atoms with Crippen molar-refractivity contribution in [2.75, 3.05) is 25.9 Å². The average Bonchev–Trinajstić information content (AvgIpc) is 2.99. The summed E-state index contributed by atoms with van der Waals surface area (Å²) >= 11 is 0. The first-order valence-corrected chi connectivity index (χ1v) is 8.92. The lowest BCUT2D eigenvalue weighted by Gasteiger charge is -2.26. The second kappa shape index (κ2) is 6.75. The molecule has 2 atom stereocenters. The van der Waals surface area contributed by atoms with Gasteiger partial charge < -0.3 is 10.2 Å². The normalized spacial score (nSPS) is 19.9. The number of carbonyl (C=O) groups is 1. The number of hydrogen-bond donors (Lipinski definition) is 1. The fourth-order valence-corrected chi connectivity index (χ4v) is 4.18. The van der Waals surface area contributed by atoms with Gasteiger partial charge in [0.2, 0.25) is 5.91 Å². The lowest BCUT2D eigenvalue weighted by atomic mass is 10.1. The van der Waals surface area contributed by atoms with Gasteiger partial charge in [0, 0.05) is 25.6 Å². The molecule has 1 heterocycles. The van der Waals surface area contributed by atoms with Crippen molar-refractivity contribution >= 4 is 15.7 Å². The third-order valence-electron chi connectivity index (χ3n) is 3.99. The molecular weight excluding hydrogens is 307 g/mol. The highest BCUT2D eigenvalue weighted by molar-refractivity contribution is 7.91. The van der Waals surface area contributed by atoms with E-state index in [4.69, 9.17) is 0 Å². The second-order valence-corrected chi connectivity index (χ2v) is 7.77. The molecule has 22 heavy (non-hydrogen) atoms. The highest BCUT2D eigenvalue weighted by Gasteiger charge is 2.29. The summed E-state index contributed by atoms with van der Waals surface area (Å²) in [4.78, 5) is 14.0. The van der Waals surface area contributed by atoms with Crippen LogP contribution in [-0.2, 0) is 14.6 Å². The van der Waals surface area contributed by atoms with Crippen molar-refractivity contribution in [3.05, 3.63) is 30.1 Å². The van der Waals surface area contributed by atoms with Crippen LogP contribution in [-0.4, -0.2) is 51.2 Å². The van der Waals surface area contributed by atoms with Gasteiger partial charge in [-0.15, -0.1) is 0 Å². The van der Waals surface area contributed by atoms with E-state index in [0.29, 0.717) is 0 Å². The summed E-state index contributed by atoms with van der Waals surface area (Å²) in [6.45, 7) is 3.21. The van der Waals surface area contributed by atoms with Crippen molar-refractivity contribution in [2.45, 2.75) is 24.3 Å². The third-order valence-corrected chi connectivity index (χ3v) is 5.92. The molecule has 2 rings (SSSR count). The molecule has 122 valence electrons. The van der Waals surface area contributed by atoms with Crippen molar-refractivity contribution in [2.24, 2.45) is 5.92 Å². The molecule has 1 amide bonds. The Hall–Kier alpha value is -1.47. The van der Waals surface area contributed by atoms with Crippen LogP contribution >= 0.6 is 0 Å². The Balaban J connectivity index is 2.04. The summed E-state index contributed by atoms with van der Waals surface area (Å²) in [5, 5.41) is 3.18.